The van der Waals surface area contributed by atoms with E-state index in [1.165, 1.54) is 38.5 Å². The van der Waals surface area contributed by atoms with E-state index in [2.05, 4.69) is 45.3 Å². The van der Waals surface area contributed by atoms with Crippen LogP contribution in [0, 0.1) is 23.2 Å². The zero-order chi connectivity index (χ0) is 29.2. The van der Waals surface area contributed by atoms with Gasteiger partial charge in [0, 0.05) is 6.42 Å². The summed E-state index contributed by atoms with van der Waals surface area (Å²) in [5.74, 6) is 1.18. The van der Waals surface area contributed by atoms with Gasteiger partial charge in [-0.25, -0.2) is 0 Å². The van der Waals surface area contributed by atoms with Gasteiger partial charge in [-0.3, -0.25) is 9.59 Å². The van der Waals surface area contributed by atoms with Crippen molar-refractivity contribution in [3.63, 3.8) is 0 Å². The minimum absolute atomic E-state index is 0.0639. The minimum Gasteiger partial charge on any atom is -0.404 e. The molecule has 2 amide bonds. The lowest BCUT2D eigenvalue weighted by atomic mass is 9.43. The van der Waals surface area contributed by atoms with Crippen LogP contribution in [0.1, 0.15) is 104 Å². The highest BCUT2D eigenvalue weighted by atomic mass is 16.7. The summed E-state index contributed by atoms with van der Waals surface area (Å²) in [6, 6.07) is 9.28. The molecule has 1 aromatic carbocycles. The topological polar surface area (TPSA) is 76.7 Å². The van der Waals surface area contributed by atoms with Crippen LogP contribution in [0.15, 0.2) is 30.3 Å². The van der Waals surface area contributed by atoms with E-state index in [1.54, 1.807) is 0 Å². The van der Waals surface area contributed by atoms with E-state index >= 15 is 0 Å². The van der Waals surface area contributed by atoms with Crippen molar-refractivity contribution in [2.24, 2.45) is 23.2 Å². The lowest BCUT2D eigenvalue weighted by Gasteiger charge is -2.64. The molecular weight excluding hydrogens is 510 g/mol. The van der Waals surface area contributed by atoms with Crippen LogP contribution in [0.25, 0.3) is 0 Å². The van der Waals surface area contributed by atoms with Gasteiger partial charge in [0.05, 0.1) is 17.6 Å². The van der Waals surface area contributed by atoms with Crippen LogP contribution in [-0.4, -0.2) is 49.8 Å². The molecule has 5 aliphatic rings. The highest BCUT2D eigenvalue weighted by Crippen LogP contribution is 2.65. The van der Waals surface area contributed by atoms with E-state index in [9.17, 15) is 9.59 Å². The van der Waals surface area contributed by atoms with E-state index < -0.39 is 13.2 Å². The Hall–Kier alpha value is -1.79. The van der Waals surface area contributed by atoms with Crippen molar-refractivity contribution < 1.29 is 18.9 Å². The summed E-state index contributed by atoms with van der Waals surface area (Å²) in [4.78, 5) is 27.2. The second kappa shape index (κ2) is 12.8. The van der Waals surface area contributed by atoms with Gasteiger partial charge in [-0.15, -0.1) is 0 Å². The second-order valence-electron chi connectivity index (χ2n) is 14.6. The first kappa shape index (κ1) is 30.7. The Morgan fingerprint density at radius 2 is 1.68 bits per heavy atom. The number of hydrogen-bond acceptors (Lipinski definition) is 4. The number of hydrogen-bond donors (Lipinski definition) is 2. The monoisotopic (exact) mass is 561 g/mol. The molecule has 6 rings (SSSR count). The zero-order valence-corrected chi connectivity index (χ0v) is 26.0. The fraction of sp³-hybridized carbons (Fsp3) is 0.758. The maximum absolute atomic E-state index is 13.9. The first-order valence-electron chi connectivity index (χ1n) is 16.4. The average Bonchev–Trinajstić information content (AvgIpc) is 3.27. The smallest absolute Gasteiger partial charge is 0.404 e. The Morgan fingerprint density at radius 1 is 1.00 bits per heavy atom. The molecule has 1 heterocycles. The van der Waals surface area contributed by atoms with Crippen molar-refractivity contribution in [2.45, 2.75) is 135 Å². The van der Waals surface area contributed by atoms with E-state index in [0.29, 0.717) is 24.2 Å². The third kappa shape index (κ3) is 6.90. The summed E-state index contributed by atoms with van der Waals surface area (Å²) in [6.45, 7) is 11.3. The van der Waals surface area contributed by atoms with E-state index in [4.69, 9.17) is 9.31 Å². The Bertz CT molecular complexity index is 1040. The van der Waals surface area contributed by atoms with Crippen molar-refractivity contribution in [1.82, 2.24) is 10.6 Å². The third-order valence-electron chi connectivity index (χ3n) is 10.8. The molecule has 4 saturated carbocycles. The van der Waals surface area contributed by atoms with Crippen molar-refractivity contribution >= 4 is 26.1 Å². The number of carbonyl (C=O) groups excluding carboxylic acids is 2. The van der Waals surface area contributed by atoms with Crippen LogP contribution in [0.2, 0.25) is 5.82 Å². The Morgan fingerprint density at radius 3 is 2.34 bits per heavy atom. The lowest BCUT2D eigenvalue weighted by molar-refractivity contribution is -0.199. The number of carbonyl (C=O) groups is 2. The van der Waals surface area contributed by atoms with Crippen LogP contribution in [0.4, 0.5) is 4.79 Å². The molecular formula is C33H51B2N2O4. The molecule has 223 valence electrons. The Kier molecular flexibility index (Phi) is 9.60. The summed E-state index contributed by atoms with van der Waals surface area (Å²) < 4.78 is 13.4. The fourth-order valence-electron chi connectivity index (χ4n) is 8.25. The van der Waals surface area contributed by atoms with Gasteiger partial charge in [-0.2, -0.15) is 0 Å². The van der Waals surface area contributed by atoms with Crippen molar-refractivity contribution in [2.75, 3.05) is 0 Å². The zero-order valence-electron chi connectivity index (χ0n) is 26.0. The van der Waals surface area contributed by atoms with Gasteiger partial charge in [0.15, 0.2) is 5.81 Å². The van der Waals surface area contributed by atoms with Crippen LogP contribution in [0.3, 0.4) is 0 Å². The van der Waals surface area contributed by atoms with Crippen molar-refractivity contribution in [3.8, 4) is 0 Å². The van der Waals surface area contributed by atoms with E-state index in [0.717, 1.165) is 31.2 Å². The lowest BCUT2D eigenvalue weighted by Crippen LogP contribution is -2.65. The predicted molar refractivity (Wildman–Crippen MR) is 166 cm³/mol. The highest BCUT2D eigenvalue weighted by Gasteiger charge is 2.68. The number of rotatable bonds is 10. The molecule has 0 spiro atoms. The van der Waals surface area contributed by atoms with Crippen molar-refractivity contribution in [1.29, 1.82) is 0 Å². The second-order valence-corrected chi connectivity index (χ2v) is 14.6. The molecule has 0 aromatic heterocycles. The molecule has 2 N–H and O–H groups in total. The van der Waals surface area contributed by atoms with Gasteiger partial charge in [-0.05, 0) is 54.9 Å². The van der Waals surface area contributed by atoms with Crippen molar-refractivity contribution in [3.05, 3.63) is 35.9 Å². The molecule has 1 saturated heterocycles. The SMILES string of the molecule is CC(C)C[C@H](NC(=O)[C@H](Cc1ccccc1)NC(=O)[B]C1CCCCCCC1)B1OC2C[C@H]3C[C@H](C3(C)C)[C@@]2(C)O1. The summed E-state index contributed by atoms with van der Waals surface area (Å²) in [5, 5.41) is 6.39. The molecule has 5 fully saturated rings. The minimum atomic E-state index is -0.671. The Labute approximate surface area is 249 Å². The van der Waals surface area contributed by atoms with Gasteiger partial charge in [0.25, 0.3) is 0 Å². The molecule has 4 aliphatic carbocycles. The molecule has 2 bridgehead atoms. The van der Waals surface area contributed by atoms with Gasteiger partial charge in [0.1, 0.15) is 6.04 Å². The van der Waals surface area contributed by atoms with Gasteiger partial charge < -0.3 is 19.9 Å². The number of benzene rings is 1. The normalized spacial score (nSPS) is 30.8. The molecule has 8 heteroatoms. The predicted octanol–water partition coefficient (Wildman–Crippen LogP) is 6.34. The van der Waals surface area contributed by atoms with Gasteiger partial charge in [-0.1, -0.05) is 109 Å². The third-order valence-corrected chi connectivity index (χ3v) is 10.8. The standard InChI is InChI=1S/C33H51B2N2O4/c1-22(2)18-29(35-40-28-21-24-20-27(32(24,3)4)33(28,5)41-35)37-30(38)26(19-23-14-10-9-11-15-23)36-31(39)34-25-16-12-7-6-8-13-17-25/h9-11,14-15,22,24-29H,6-8,12-13,16-21H2,1-5H3,(H,36,39)(H,37,38)/t24-,26+,27-,28?,29+,33-/m1/s1. The summed E-state index contributed by atoms with van der Waals surface area (Å²) in [7, 11) is 1.35. The van der Waals surface area contributed by atoms with Gasteiger partial charge >= 0.3 is 7.12 Å². The maximum Gasteiger partial charge on any atom is 0.481 e. The van der Waals surface area contributed by atoms with E-state index in [1.807, 2.05) is 37.6 Å². The maximum atomic E-state index is 13.9. The highest BCUT2D eigenvalue weighted by molar-refractivity contribution is 6.74. The molecule has 1 radical (unpaired) electrons. The van der Waals surface area contributed by atoms with Crippen LogP contribution < -0.4 is 10.6 Å². The quantitative estimate of drug-likeness (QED) is 0.327. The molecule has 6 nitrogen and oxygen atoms in total. The van der Waals surface area contributed by atoms with E-state index in [-0.39, 0.29) is 40.6 Å². The summed E-state index contributed by atoms with van der Waals surface area (Å²) in [6.07, 6.45) is 11.7. The van der Waals surface area contributed by atoms with Crippen LogP contribution in [-0.2, 0) is 20.5 Å². The summed E-state index contributed by atoms with van der Waals surface area (Å²) >= 11 is 0. The average molecular weight is 561 g/mol. The molecule has 1 unspecified atom stereocenters. The number of amides is 2. The largest absolute Gasteiger partial charge is 0.481 e. The van der Waals surface area contributed by atoms with Crippen LogP contribution in [0.5, 0.6) is 0 Å². The molecule has 41 heavy (non-hydrogen) atoms. The fourth-order valence-corrected chi connectivity index (χ4v) is 8.25. The molecule has 6 atom stereocenters. The Balaban J connectivity index is 1.28. The molecule has 1 aromatic rings. The molecule has 1 aliphatic heterocycles. The first-order valence-corrected chi connectivity index (χ1v) is 16.4. The van der Waals surface area contributed by atoms with Gasteiger partial charge in [0.2, 0.25) is 13.2 Å². The summed E-state index contributed by atoms with van der Waals surface area (Å²) in [5.41, 5.74) is 0.957. The number of nitrogens with one attached hydrogen (secondary N) is 2. The van der Waals surface area contributed by atoms with Crippen LogP contribution >= 0.6 is 0 Å². The first-order chi connectivity index (χ1) is 19.6.